The predicted octanol–water partition coefficient (Wildman–Crippen LogP) is 4.87. The molecule has 1 fully saturated rings. The van der Waals surface area contributed by atoms with E-state index in [-0.39, 0.29) is 17.9 Å². The lowest BCUT2D eigenvalue weighted by Crippen LogP contribution is -2.50. The Labute approximate surface area is 248 Å². The molecule has 1 atom stereocenters. The Morgan fingerprint density at radius 3 is 2.67 bits per heavy atom. The van der Waals surface area contributed by atoms with Gasteiger partial charge in [0.25, 0.3) is 5.91 Å². The van der Waals surface area contributed by atoms with Crippen LogP contribution in [-0.4, -0.2) is 58.1 Å². The maximum atomic E-state index is 13.6. The number of hydrogen-bond donors (Lipinski definition) is 3. The summed E-state index contributed by atoms with van der Waals surface area (Å²) in [5.74, 6) is 2.12. The zero-order valence-electron chi connectivity index (χ0n) is 24.6. The lowest BCUT2D eigenvalue weighted by atomic mass is 9.77. The van der Waals surface area contributed by atoms with Crippen LogP contribution in [0.4, 0.5) is 16.0 Å². The Morgan fingerprint density at radius 2 is 2.05 bits per heavy atom. The first kappa shape index (κ1) is 28.5. The summed E-state index contributed by atoms with van der Waals surface area (Å²) >= 11 is 0. The van der Waals surface area contributed by atoms with E-state index in [1.165, 1.54) is 10.9 Å². The van der Waals surface area contributed by atoms with Crippen LogP contribution in [0.2, 0.25) is 0 Å². The third-order valence-electron chi connectivity index (χ3n) is 8.30. The molecule has 1 aliphatic carbocycles. The molecule has 5 aromatic heterocycles. The average molecular weight is 587 g/mol. The maximum Gasteiger partial charge on any atom is 0.252 e. The third kappa shape index (κ3) is 5.59. The van der Waals surface area contributed by atoms with Gasteiger partial charge in [0, 0.05) is 43.7 Å². The number of nitrogens with one attached hydrogen (secondary N) is 3. The summed E-state index contributed by atoms with van der Waals surface area (Å²) < 4.78 is 22.7. The van der Waals surface area contributed by atoms with Gasteiger partial charge in [0.1, 0.15) is 22.9 Å². The molecule has 5 aromatic rings. The lowest BCUT2D eigenvalue weighted by molar-refractivity contribution is -0.148. The van der Waals surface area contributed by atoms with Gasteiger partial charge < -0.3 is 19.9 Å². The smallest absolute Gasteiger partial charge is 0.252 e. The number of H-pyrrole nitrogens is 1. The molecular weight excluding hydrogens is 551 g/mol. The molecule has 0 saturated heterocycles. The summed E-state index contributed by atoms with van der Waals surface area (Å²) in [6.07, 6.45) is 8.53. The monoisotopic (exact) mass is 586 g/mol. The summed E-state index contributed by atoms with van der Waals surface area (Å²) in [5, 5.41) is 18.6. The number of carbonyl (C=O) groups excluding carboxylic acids is 1. The standard InChI is InChI=1S/C30H35FN10O2/c1-5-40-13-10-23-27(35-24-14-18(2)38-39-24)36-26(37-28(23)40)20-8-11-30(43-4,12-9-20)29(42)34-19(3)21-6-7-25(32-15-21)41-17-22(31)16-33-41/h6-7,10,13-17,19-20H,5,8-9,11-12H2,1-4H3,(H,34,42)(H2,35,36,37,38,39)/t19-,20-,30+/m0/s1. The molecule has 1 aliphatic rings. The number of methoxy groups -OCH3 is 1. The first-order chi connectivity index (χ1) is 20.8. The second-order valence-electron chi connectivity index (χ2n) is 11.1. The molecule has 3 N–H and O–H groups in total. The highest BCUT2D eigenvalue weighted by Gasteiger charge is 2.43. The van der Waals surface area contributed by atoms with Gasteiger partial charge in [-0.15, -0.1) is 0 Å². The first-order valence-corrected chi connectivity index (χ1v) is 14.5. The normalized spacial score (nSPS) is 19.4. The van der Waals surface area contributed by atoms with Crippen LogP contribution in [0.25, 0.3) is 16.9 Å². The molecule has 0 unspecified atom stereocenters. The topological polar surface area (TPSA) is 140 Å². The lowest BCUT2D eigenvalue weighted by Gasteiger charge is -2.38. The van der Waals surface area contributed by atoms with Crippen molar-refractivity contribution in [2.24, 2.45) is 0 Å². The van der Waals surface area contributed by atoms with E-state index in [9.17, 15) is 9.18 Å². The highest BCUT2D eigenvalue weighted by Crippen LogP contribution is 2.40. The number of anilines is 2. The summed E-state index contributed by atoms with van der Waals surface area (Å²) in [7, 11) is 1.59. The van der Waals surface area contributed by atoms with Crippen molar-refractivity contribution in [1.29, 1.82) is 0 Å². The minimum absolute atomic E-state index is 0.0726. The fraction of sp³-hybridized carbons (Fsp3) is 0.400. The molecule has 0 aromatic carbocycles. The number of carbonyl (C=O) groups is 1. The van der Waals surface area contributed by atoms with Crippen LogP contribution < -0.4 is 10.6 Å². The Kier molecular flexibility index (Phi) is 7.65. The van der Waals surface area contributed by atoms with Crippen molar-refractivity contribution in [2.75, 3.05) is 12.4 Å². The zero-order chi connectivity index (χ0) is 30.1. The molecule has 5 heterocycles. The number of halogens is 1. The van der Waals surface area contributed by atoms with Crippen LogP contribution in [0.3, 0.4) is 0 Å². The predicted molar refractivity (Wildman–Crippen MR) is 159 cm³/mol. The van der Waals surface area contributed by atoms with E-state index >= 15 is 0 Å². The van der Waals surface area contributed by atoms with Gasteiger partial charge in [0.15, 0.2) is 17.5 Å². The number of hydrogen-bond acceptors (Lipinski definition) is 8. The van der Waals surface area contributed by atoms with Gasteiger partial charge in [-0.3, -0.25) is 9.89 Å². The molecule has 12 nitrogen and oxygen atoms in total. The van der Waals surface area contributed by atoms with Crippen LogP contribution in [0.1, 0.15) is 68.6 Å². The SMILES string of the molecule is CCn1ccc2c(Nc3cc(C)[nH]n3)nc([C@H]3CC[C@](OC)(C(=O)N[C@@H](C)c4ccc(-n5cc(F)cn5)nc4)CC3)nc21. The van der Waals surface area contributed by atoms with Crippen molar-refractivity contribution in [2.45, 2.75) is 70.6 Å². The second kappa shape index (κ2) is 11.6. The molecule has 224 valence electrons. The van der Waals surface area contributed by atoms with Crippen LogP contribution in [0, 0.1) is 12.7 Å². The van der Waals surface area contributed by atoms with E-state index in [0.717, 1.165) is 40.9 Å². The molecule has 1 amide bonds. The second-order valence-corrected chi connectivity index (χ2v) is 11.1. The van der Waals surface area contributed by atoms with Crippen molar-refractivity contribution in [1.82, 2.24) is 44.8 Å². The van der Waals surface area contributed by atoms with Gasteiger partial charge in [-0.05, 0) is 64.2 Å². The fourth-order valence-corrected chi connectivity index (χ4v) is 5.71. The van der Waals surface area contributed by atoms with Gasteiger partial charge in [-0.25, -0.2) is 24.0 Å². The van der Waals surface area contributed by atoms with Crippen molar-refractivity contribution in [3.05, 3.63) is 72.0 Å². The van der Waals surface area contributed by atoms with Crippen LogP contribution in [-0.2, 0) is 16.1 Å². The van der Waals surface area contributed by atoms with E-state index in [2.05, 4.69) is 42.4 Å². The third-order valence-corrected chi connectivity index (χ3v) is 8.30. The number of aryl methyl sites for hydroxylation is 2. The Bertz CT molecular complexity index is 1730. The maximum absolute atomic E-state index is 13.6. The van der Waals surface area contributed by atoms with Crippen molar-refractivity contribution in [3.8, 4) is 5.82 Å². The van der Waals surface area contributed by atoms with E-state index in [0.29, 0.717) is 43.1 Å². The number of pyridine rings is 1. The molecule has 43 heavy (non-hydrogen) atoms. The molecule has 0 spiro atoms. The average Bonchev–Trinajstić information content (AvgIpc) is 3.76. The number of aromatic nitrogens is 8. The molecule has 1 saturated carbocycles. The van der Waals surface area contributed by atoms with E-state index in [1.807, 2.05) is 38.2 Å². The van der Waals surface area contributed by atoms with E-state index in [4.69, 9.17) is 14.7 Å². The minimum Gasteiger partial charge on any atom is -0.368 e. The number of rotatable bonds is 9. The molecule has 0 bridgehead atoms. The Morgan fingerprint density at radius 1 is 1.23 bits per heavy atom. The summed E-state index contributed by atoms with van der Waals surface area (Å²) in [6.45, 7) is 6.73. The van der Waals surface area contributed by atoms with Gasteiger partial charge in [0.05, 0.1) is 23.8 Å². The van der Waals surface area contributed by atoms with Crippen molar-refractivity contribution >= 4 is 28.6 Å². The summed E-state index contributed by atoms with van der Waals surface area (Å²) in [5.41, 5.74) is 1.69. The zero-order valence-corrected chi connectivity index (χ0v) is 24.6. The molecule has 13 heteroatoms. The Hall–Kier alpha value is -4.65. The molecule has 6 rings (SSSR count). The molecule has 0 radical (unpaired) electrons. The van der Waals surface area contributed by atoms with E-state index < -0.39 is 11.4 Å². The van der Waals surface area contributed by atoms with Gasteiger partial charge in [-0.2, -0.15) is 10.2 Å². The van der Waals surface area contributed by atoms with Crippen LogP contribution >= 0.6 is 0 Å². The van der Waals surface area contributed by atoms with E-state index in [1.54, 1.807) is 19.4 Å². The number of ether oxygens (including phenoxy) is 1. The number of amides is 1. The van der Waals surface area contributed by atoms with Gasteiger partial charge in [-0.1, -0.05) is 6.07 Å². The van der Waals surface area contributed by atoms with Gasteiger partial charge >= 0.3 is 0 Å². The largest absolute Gasteiger partial charge is 0.368 e. The number of aromatic amines is 1. The minimum atomic E-state index is -0.952. The van der Waals surface area contributed by atoms with Crippen molar-refractivity contribution in [3.63, 3.8) is 0 Å². The van der Waals surface area contributed by atoms with Crippen molar-refractivity contribution < 1.29 is 13.9 Å². The molecule has 0 aliphatic heterocycles. The quantitative estimate of drug-likeness (QED) is 0.222. The Balaban J connectivity index is 1.16. The van der Waals surface area contributed by atoms with Crippen LogP contribution in [0.15, 0.2) is 49.1 Å². The number of fused-ring (bicyclic) bond motifs is 1. The molecular formula is C30H35FN10O2. The van der Waals surface area contributed by atoms with Crippen LogP contribution in [0.5, 0.6) is 0 Å². The first-order valence-electron chi connectivity index (χ1n) is 14.5. The highest BCUT2D eigenvalue weighted by atomic mass is 19.1. The highest BCUT2D eigenvalue weighted by molar-refractivity contribution is 5.89. The number of nitrogens with zero attached hydrogens (tertiary/aromatic N) is 7. The summed E-state index contributed by atoms with van der Waals surface area (Å²) in [6, 6.07) is 7.23. The van der Waals surface area contributed by atoms with Gasteiger partial charge in [0.2, 0.25) is 0 Å². The fourth-order valence-electron chi connectivity index (χ4n) is 5.71. The summed E-state index contributed by atoms with van der Waals surface area (Å²) in [4.78, 5) is 27.9.